The number of benzene rings is 5. The molecule has 0 fully saturated rings. The van der Waals surface area contributed by atoms with Crippen molar-refractivity contribution in [2.45, 2.75) is 16.1 Å². The van der Waals surface area contributed by atoms with E-state index in [1.807, 2.05) is 36.4 Å². The number of nitrogens with zero attached hydrogens (tertiary/aromatic N) is 5. The Labute approximate surface area is 306 Å². The molecule has 2 unspecified atom stereocenters. The monoisotopic (exact) mass is 687 g/mol. The van der Waals surface area contributed by atoms with Crippen LogP contribution in [0.1, 0.15) is 11.5 Å². The van der Waals surface area contributed by atoms with Crippen LogP contribution in [0.25, 0.3) is 27.6 Å². The molecule has 1 aliphatic carbocycles. The fourth-order valence-corrected chi connectivity index (χ4v) is 9.36. The summed E-state index contributed by atoms with van der Waals surface area (Å²) in [5, 5.41) is 2.39. The fourth-order valence-electron chi connectivity index (χ4n) is 7.86. The van der Waals surface area contributed by atoms with Crippen LogP contribution in [-0.4, -0.2) is 19.8 Å². The van der Waals surface area contributed by atoms with Crippen molar-refractivity contribution in [3.05, 3.63) is 200 Å². The number of rotatable bonds is 7. The van der Waals surface area contributed by atoms with E-state index >= 15 is 0 Å². The van der Waals surface area contributed by atoms with Crippen molar-refractivity contribution in [3.63, 3.8) is 0 Å². The van der Waals surface area contributed by atoms with Crippen LogP contribution in [0.4, 0.5) is 28.4 Å². The second-order valence-corrected chi connectivity index (χ2v) is 14.2. The van der Waals surface area contributed by atoms with Crippen molar-refractivity contribution in [3.8, 4) is 5.69 Å². The van der Waals surface area contributed by atoms with Gasteiger partial charge in [-0.1, -0.05) is 84.9 Å². The first-order chi connectivity index (χ1) is 25.8. The smallest absolute Gasteiger partial charge is 0.145 e. The first-order valence-corrected chi connectivity index (χ1v) is 18.4. The van der Waals surface area contributed by atoms with E-state index in [4.69, 9.17) is 4.98 Å². The molecule has 5 nitrogen and oxygen atoms in total. The molecule has 0 bridgehead atoms. The number of para-hydroxylation sites is 4. The number of hydrogen-bond donors (Lipinski definition) is 0. The molecular weight excluding hydrogens is 655 g/mol. The zero-order chi connectivity index (χ0) is 34.4. The Balaban J connectivity index is 1.22. The third-order valence-electron chi connectivity index (χ3n) is 10.0. The van der Waals surface area contributed by atoms with Gasteiger partial charge in [0.2, 0.25) is 0 Å². The summed E-state index contributed by atoms with van der Waals surface area (Å²) in [5.74, 6) is 0.119. The van der Waals surface area contributed by atoms with E-state index in [0.29, 0.717) is 0 Å². The Bertz CT molecular complexity index is 2490. The van der Waals surface area contributed by atoms with E-state index in [1.54, 1.807) is 0 Å². The summed E-state index contributed by atoms with van der Waals surface area (Å²) in [7, 11) is 0. The maximum atomic E-state index is 5.01. The zero-order valence-corrected chi connectivity index (χ0v) is 29.0. The molecule has 10 rings (SSSR count). The van der Waals surface area contributed by atoms with Crippen molar-refractivity contribution in [2.75, 3.05) is 9.80 Å². The van der Waals surface area contributed by atoms with Crippen LogP contribution in [0.2, 0.25) is 0 Å². The molecule has 5 aromatic carbocycles. The second-order valence-electron chi connectivity index (χ2n) is 13.0. The average Bonchev–Trinajstić information content (AvgIpc) is 3.76. The zero-order valence-electron chi connectivity index (χ0n) is 28.2. The molecule has 52 heavy (non-hydrogen) atoms. The van der Waals surface area contributed by atoms with Crippen molar-refractivity contribution < 1.29 is 0 Å². The van der Waals surface area contributed by atoms with Gasteiger partial charge in [0, 0.05) is 68.1 Å². The standard InChI is InChI=1S/C46H33N5S/c1-5-15-32(16-6-1)49(33-17-7-2-8-18-33)36-29-41(51-42-31-47-28-26-37(42)38-24-14-27-48-46(38)51)44-39-23-13-25-40(45(39)52-43(44)30-36)50(34-19-9-3-10-20-34)35-21-11-4-12-22-35/h1-31,39,45H. The van der Waals surface area contributed by atoms with Crippen LogP contribution in [-0.2, 0) is 0 Å². The highest BCUT2D eigenvalue weighted by Gasteiger charge is 2.41. The second kappa shape index (κ2) is 12.7. The first kappa shape index (κ1) is 30.5. The van der Waals surface area contributed by atoms with Crippen LogP contribution in [0.5, 0.6) is 0 Å². The number of pyridine rings is 2. The van der Waals surface area contributed by atoms with E-state index in [9.17, 15) is 0 Å². The van der Waals surface area contributed by atoms with Gasteiger partial charge in [-0.15, -0.1) is 11.8 Å². The summed E-state index contributed by atoms with van der Waals surface area (Å²) in [6.45, 7) is 0. The van der Waals surface area contributed by atoms with Gasteiger partial charge in [0.25, 0.3) is 0 Å². The highest BCUT2D eigenvalue weighted by molar-refractivity contribution is 8.00. The van der Waals surface area contributed by atoms with Gasteiger partial charge in [0.05, 0.1) is 22.7 Å². The van der Waals surface area contributed by atoms with E-state index in [2.05, 4.69) is 183 Å². The van der Waals surface area contributed by atoms with Crippen molar-refractivity contribution in [1.29, 1.82) is 0 Å². The Kier molecular flexibility index (Phi) is 7.47. The predicted octanol–water partition coefficient (Wildman–Crippen LogP) is 11.9. The molecule has 0 radical (unpaired) electrons. The first-order valence-electron chi connectivity index (χ1n) is 17.6. The number of allylic oxidation sites excluding steroid dienone is 3. The van der Waals surface area contributed by atoms with Crippen molar-refractivity contribution in [2.24, 2.45) is 0 Å². The molecule has 0 saturated heterocycles. The quantitative estimate of drug-likeness (QED) is 0.167. The lowest BCUT2D eigenvalue weighted by atomic mass is 9.88. The lowest BCUT2D eigenvalue weighted by Crippen LogP contribution is -2.28. The topological polar surface area (TPSA) is 37.2 Å². The summed E-state index contributed by atoms with van der Waals surface area (Å²) in [4.78, 5) is 15.7. The minimum Gasteiger partial charge on any atom is -0.313 e. The summed E-state index contributed by atoms with van der Waals surface area (Å²) in [5.41, 5.74) is 11.2. The maximum Gasteiger partial charge on any atom is 0.145 e. The number of fused-ring (bicyclic) bond motifs is 6. The van der Waals surface area contributed by atoms with Gasteiger partial charge in [-0.25, -0.2) is 4.98 Å². The highest BCUT2D eigenvalue weighted by atomic mass is 32.2. The van der Waals surface area contributed by atoms with Gasteiger partial charge < -0.3 is 9.80 Å². The van der Waals surface area contributed by atoms with Crippen LogP contribution in [0.15, 0.2) is 199 Å². The SMILES string of the molecule is C1=CC2c3c(cc(N(c4ccccc4)c4ccccc4)cc3-n3c4cnccc4c4cccnc43)SC2C(N(c2ccccc2)c2ccccc2)=C1. The summed E-state index contributed by atoms with van der Waals surface area (Å²) < 4.78 is 2.34. The molecule has 2 aliphatic rings. The third kappa shape index (κ3) is 5.02. The molecule has 2 atom stereocenters. The molecule has 3 aromatic heterocycles. The molecular formula is C46H33N5S. The molecule has 6 heteroatoms. The lowest BCUT2D eigenvalue weighted by Gasteiger charge is -2.34. The summed E-state index contributed by atoms with van der Waals surface area (Å²) >= 11 is 1.95. The Morgan fingerprint density at radius 3 is 1.83 bits per heavy atom. The van der Waals surface area contributed by atoms with Gasteiger partial charge in [0.15, 0.2) is 0 Å². The molecule has 0 amide bonds. The Hall–Kier alpha value is -6.37. The van der Waals surface area contributed by atoms with Crippen molar-refractivity contribution in [1.82, 2.24) is 14.5 Å². The molecule has 4 heterocycles. The van der Waals surface area contributed by atoms with Gasteiger partial charge in [-0.3, -0.25) is 9.55 Å². The number of hydrogen-bond acceptors (Lipinski definition) is 5. The van der Waals surface area contributed by atoms with Crippen LogP contribution in [0, 0.1) is 0 Å². The normalized spacial score (nSPS) is 16.0. The highest BCUT2D eigenvalue weighted by Crippen LogP contribution is 2.56. The molecule has 0 spiro atoms. The van der Waals surface area contributed by atoms with E-state index in [0.717, 1.165) is 56.1 Å². The molecule has 0 N–H and O–H groups in total. The summed E-state index contributed by atoms with van der Waals surface area (Å²) in [6, 6.07) is 53.8. The van der Waals surface area contributed by atoms with E-state index < -0.39 is 0 Å². The lowest BCUT2D eigenvalue weighted by molar-refractivity contribution is 0.814. The third-order valence-corrected chi connectivity index (χ3v) is 11.4. The van der Waals surface area contributed by atoms with Crippen molar-refractivity contribution >= 4 is 62.1 Å². The molecule has 248 valence electrons. The average molecular weight is 688 g/mol. The Morgan fingerprint density at radius 1 is 0.577 bits per heavy atom. The molecule has 0 saturated carbocycles. The van der Waals surface area contributed by atoms with Gasteiger partial charge in [-0.05, 0) is 90.5 Å². The van der Waals surface area contributed by atoms with Gasteiger partial charge >= 0.3 is 0 Å². The van der Waals surface area contributed by atoms with Crippen LogP contribution >= 0.6 is 11.8 Å². The molecule has 1 aliphatic heterocycles. The maximum absolute atomic E-state index is 5.01. The molecule has 8 aromatic rings. The largest absolute Gasteiger partial charge is 0.313 e. The van der Waals surface area contributed by atoms with Gasteiger partial charge in [0.1, 0.15) is 5.65 Å². The minimum absolute atomic E-state index is 0.119. The number of thioether (sulfide) groups is 1. The predicted molar refractivity (Wildman–Crippen MR) is 216 cm³/mol. The van der Waals surface area contributed by atoms with Gasteiger partial charge in [-0.2, -0.15) is 0 Å². The van der Waals surface area contributed by atoms with Crippen LogP contribution in [0.3, 0.4) is 0 Å². The number of aromatic nitrogens is 3. The minimum atomic E-state index is 0.119. The van der Waals surface area contributed by atoms with Crippen LogP contribution < -0.4 is 9.80 Å². The van der Waals surface area contributed by atoms with E-state index in [1.165, 1.54) is 16.2 Å². The fraction of sp³-hybridized carbons (Fsp3) is 0.0435. The summed E-state index contributed by atoms with van der Waals surface area (Å²) in [6.07, 6.45) is 12.7. The Morgan fingerprint density at radius 2 is 1.19 bits per heavy atom. The van der Waals surface area contributed by atoms with E-state index in [-0.39, 0.29) is 11.2 Å². The number of anilines is 5.